The van der Waals surface area contributed by atoms with E-state index in [1.54, 1.807) is 13.3 Å². The van der Waals surface area contributed by atoms with E-state index in [0.717, 1.165) is 36.3 Å². The van der Waals surface area contributed by atoms with Crippen LogP contribution in [-0.4, -0.2) is 31.2 Å². The Morgan fingerprint density at radius 3 is 2.61 bits per heavy atom. The summed E-state index contributed by atoms with van der Waals surface area (Å²) in [5.74, 6) is 3.05. The van der Waals surface area contributed by atoms with E-state index in [9.17, 15) is 0 Å². The summed E-state index contributed by atoms with van der Waals surface area (Å²) in [5, 5.41) is 6.63. The summed E-state index contributed by atoms with van der Waals surface area (Å²) in [6, 6.07) is 11.9. The number of aliphatic imine (C=N–C) groups is 1. The second-order valence-corrected chi connectivity index (χ2v) is 6.65. The highest BCUT2D eigenvalue weighted by Gasteiger charge is 2.22. The summed E-state index contributed by atoms with van der Waals surface area (Å²) < 4.78 is 10.9. The van der Waals surface area contributed by atoms with Crippen LogP contribution in [0.2, 0.25) is 0 Å². The van der Waals surface area contributed by atoms with Gasteiger partial charge in [-0.25, -0.2) is 9.98 Å². The Hall–Kier alpha value is -2.03. The molecule has 1 heterocycles. The molecular formula is C21H29IN4O2. The smallest absolute Gasteiger partial charge is 0.213 e. The van der Waals surface area contributed by atoms with Gasteiger partial charge in [-0.15, -0.1) is 24.0 Å². The van der Waals surface area contributed by atoms with Gasteiger partial charge in [0.2, 0.25) is 5.88 Å². The van der Waals surface area contributed by atoms with Crippen molar-refractivity contribution in [1.29, 1.82) is 0 Å². The zero-order chi connectivity index (χ0) is 18.9. The molecule has 0 aliphatic heterocycles. The van der Waals surface area contributed by atoms with E-state index < -0.39 is 0 Å². The van der Waals surface area contributed by atoms with Crippen molar-refractivity contribution in [1.82, 2.24) is 15.6 Å². The third-order valence-corrected chi connectivity index (χ3v) is 4.35. The molecular weight excluding hydrogens is 467 g/mol. The molecule has 0 spiro atoms. The molecule has 1 aromatic carbocycles. The number of benzene rings is 1. The van der Waals surface area contributed by atoms with Crippen molar-refractivity contribution in [2.75, 3.05) is 20.3 Å². The summed E-state index contributed by atoms with van der Waals surface area (Å²) in [6.45, 7) is 4.90. The van der Waals surface area contributed by atoms with E-state index in [0.29, 0.717) is 19.0 Å². The maximum atomic E-state index is 5.75. The highest BCUT2D eigenvalue weighted by molar-refractivity contribution is 14.0. The first-order chi connectivity index (χ1) is 13.3. The van der Waals surface area contributed by atoms with Crippen LogP contribution >= 0.6 is 24.0 Å². The average Bonchev–Trinajstić information content (AvgIpc) is 3.54. The van der Waals surface area contributed by atoms with Crippen molar-refractivity contribution in [2.45, 2.75) is 32.9 Å². The van der Waals surface area contributed by atoms with Gasteiger partial charge in [-0.3, -0.25) is 0 Å². The van der Waals surface area contributed by atoms with Gasteiger partial charge in [0, 0.05) is 25.4 Å². The molecule has 1 aliphatic rings. The quantitative estimate of drug-likeness (QED) is 0.315. The Bertz CT molecular complexity index is 748. The first-order valence-corrected chi connectivity index (χ1v) is 9.49. The highest BCUT2D eigenvalue weighted by Crippen LogP contribution is 2.29. The first kappa shape index (κ1) is 22.3. The lowest BCUT2D eigenvalue weighted by atomic mass is 10.2. The zero-order valence-electron chi connectivity index (χ0n) is 16.5. The van der Waals surface area contributed by atoms with Crippen molar-refractivity contribution in [3.8, 4) is 11.6 Å². The summed E-state index contributed by atoms with van der Waals surface area (Å²) in [4.78, 5) is 8.95. The number of methoxy groups -OCH3 is 1. The molecule has 28 heavy (non-hydrogen) atoms. The number of aromatic nitrogens is 1. The topological polar surface area (TPSA) is 67.8 Å². The van der Waals surface area contributed by atoms with Crippen LogP contribution in [0.5, 0.6) is 11.6 Å². The van der Waals surface area contributed by atoms with Gasteiger partial charge in [0.1, 0.15) is 5.75 Å². The van der Waals surface area contributed by atoms with E-state index in [2.05, 4.69) is 27.5 Å². The summed E-state index contributed by atoms with van der Waals surface area (Å²) in [7, 11) is 1.67. The number of halogens is 1. The number of ether oxygens (including phenoxy) is 2. The maximum Gasteiger partial charge on any atom is 0.213 e. The second kappa shape index (κ2) is 11.7. The first-order valence-electron chi connectivity index (χ1n) is 9.49. The number of rotatable bonds is 9. The van der Waals surface area contributed by atoms with E-state index in [-0.39, 0.29) is 24.0 Å². The third kappa shape index (κ3) is 7.53. The molecule has 7 heteroatoms. The normalized spacial score (nSPS) is 13.4. The van der Waals surface area contributed by atoms with Crippen molar-refractivity contribution in [2.24, 2.45) is 10.9 Å². The fourth-order valence-corrected chi connectivity index (χ4v) is 2.56. The Kier molecular flexibility index (Phi) is 9.33. The number of nitrogens with zero attached hydrogens (tertiary/aromatic N) is 2. The minimum Gasteiger partial charge on any atom is -0.497 e. The summed E-state index contributed by atoms with van der Waals surface area (Å²) in [6.07, 6.45) is 4.33. The summed E-state index contributed by atoms with van der Waals surface area (Å²) in [5.41, 5.74) is 2.25. The molecule has 152 valence electrons. The van der Waals surface area contributed by atoms with Crippen LogP contribution in [0, 0.1) is 5.92 Å². The molecule has 0 atom stereocenters. The molecule has 0 unspecified atom stereocenters. The van der Waals surface area contributed by atoms with Gasteiger partial charge < -0.3 is 20.1 Å². The van der Waals surface area contributed by atoms with Crippen LogP contribution in [0.3, 0.4) is 0 Å². The Balaban J connectivity index is 0.00000280. The molecule has 1 aromatic heterocycles. The SMILES string of the molecule is CCNC(=NCc1ccnc(OCC2CC2)c1)NCc1ccc(OC)cc1.I. The number of hydrogen-bond donors (Lipinski definition) is 2. The second-order valence-electron chi connectivity index (χ2n) is 6.65. The molecule has 1 fully saturated rings. The van der Waals surface area contributed by atoms with Crippen LogP contribution in [0.1, 0.15) is 30.9 Å². The van der Waals surface area contributed by atoms with Crippen molar-refractivity contribution < 1.29 is 9.47 Å². The maximum absolute atomic E-state index is 5.75. The molecule has 0 bridgehead atoms. The van der Waals surface area contributed by atoms with Crippen LogP contribution in [0.15, 0.2) is 47.6 Å². The molecule has 0 amide bonds. The van der Waals surface area contributed by atoms with Crippen molar-refractivity contribution in [3.63, 3.8) is 0 Å². The molecule has 2 aromatic rings. The van der Waals surface area contributed by atoms with Crippen LogP contribution in [-0.2, 0) is 13.1 Å². The van der Waals surface area contributed by atoms with Gasteiger partial charge in [-0.05, 0) is 55.0 Å². The fraction of sp³-hybridized carbons (Fsp3) is 0.429. The molecule has 0 radical (unpaired) electrons. The lowest BCUT2D eigenvalue weighted by Crippen LogP contribution is -2.36. The van der Waals surface area contributed by atoms with Gasteiger partial charge in [0.25, 0.3) is 0 Å². The number of hydrogen-bond acceptors (Lipinski definition) is 4. The standard InChI is InChI=1S/C21H28N4O2.HI/c1-3-22-21(24-13-16-6-8-19(26-2)9-7-16)25-14-18-10-11-23-20(12-18)27-15-17-4-5-17;/h6-12,17H,3-5,13-15H2,1-2H3,(H2,22,24,25);1H. The van der Waals surface area contributed by atoms with E-state index in [1.165, 1.54) is 18.4 Å². The van der Waals surface area contributed by atoms with Crippen LogP contribution in [0.25, 0.3) is 0 Å². The van der Waals surface area contributed by atoms with E-state index in [4.69, 9.17) is 9.47 Å². The molecule has 6 nitrogen and oxygen atoms in total. The molecule has 2 N–H and O–H groups in total. The predicted molar refractivity (Wildman–Crippen MR) is 123 cm³/mol. The van der Waals surface area contributed by atoms with Gasteiger partial charge >= 0.3 is 0 Å². The fourth-order valence-electron chi connectivity index (χ4n) is 2.56. The number of guanidine groups is 1. The monoisotopic (exact) mass is 496 g/mol. The number of nitrogens with one attached hydrogen (secondary N) is 2. The lowest BCUT2D eigenvalue weighted by molar-refractivity contribution is 0.288. The van der Waals surface area contributed by atoms with Crippen LogP contribution < -0.4 is 20.1 Å². The summed E-state index contributed by atoms with van der Waals surface area (Å²) >= 11 is 0. The van der Waals surface area contributed by atoms with Gasteiger partial charge in [-0.1, -0.05) is 12.1 Å². The van der Waals surface area contributed by atoms with E-state index >= 15 is 0 Å². The molecule has 0 saturated heterocycles. The Morgan fingerprint density at radius 1 is 1.14 bits per heavy atom. The van der Waals surface area contributed by atoms with E-state index in [1.807, 2.05) is 36.4 Å². The lowest BCUT2D eigenvalue weighted by Gasteiger charge is -2.12. The van der Waals surface area contributed by atoms with Crippen LogP contribution in [0.4, 0.5) is 0 Å². The third-order valence-electron chi connectivity index (χ3n) is 4.35. The zero-order valence-corrected chi connectivity index (χ0v) is 18.8. The van der Waals surface area contributed by atoms with Crippen molar-refractivity contribution >= 4 is 29.9 Å². The van der Waals surface area contributed by atoms with Gasteiger partial charge in [0.05, 0.1) is 20.3 Å². The van der Waals surface area contributed by atoms with Gasteiger partial charge in [0.15, 0.2) is 5.96 Å². The minimum atomic E-state index is 0. The molecule has 1 aliphatic carbocycles. The Labute approximate surface area is 184 Å². The molecule has 3 rings (SSSR count). The largest absolute Gasteiger partial charge is 0.497 e. The Morgan fingerprint density at radius 2 is 1.93 bits per heavy atom. The van der Waals surface area contributed by atoms with Crippen molar-refractivity contribution in [3.05, 3.63) is 53.7 Å². The molecule has 1 saturated carbocycles. The number of pyridine rings is 1. The average molecular weight is 496 g/mol. The van der Waals surface area contributed by atoms with Gasteiger partial charge in [-0.2, -0.15) is 0 Å². The minimum absolute atomic E-state index is 0. The highest BCUT2D eigenvalue weighted by atomic mass is 127. The predicted octanol–water partition coefficient (Wildman–Crippen LogP) is 3.75.